The van der Waals surface area contributed by atoms with Crippen molar-refractivity contribution in [1.82, 2.24) is 14.9 Å². The Kier molecular flexibility index (Phi) is 8.66. The van der Waals surface area contributed by atoms with E-state index in [2.05, 4.69) is 15.6 Å². The monoisotopic (exact) mass is 442 g/mol. The largest absolute Gasteiger partial charge is 0.488 e. The second-order valence-electron chi connectivity index (χ2n) is 8.01. The van der Waals surface area contributed by atoms with Crippen LogP contribution in [0.1, 0.15) is 31.9 Å². The van der Waals surface area contributed by atoms with Crippen molar-refractivity contribution in [2.75, 3.05) is 43.9 Å². The molecule has 7 nitrogen and oxygen atoms in total. The number of sulfonamides is 1. The second kappa shape index (κ2) is 10.5. The van der Waals surface area contributed by atoms with Crippen molar-refractivity contribution in [3.63, 3.8) is 0 Å². The molecule has 2 rings (SSSR count). The van der Waals surface area contributed by atoms with Crippen molar-refractivity contribution in [2.45, 2.75) is 39.8 Å². The minimum absolute atomic E-state index is 0.0568. The van der Waals surface area contributed by atoms with E-state index in [1.807, 2.05) is 45.9 Å². The summed E-state index contributed by atoms with van der Waals surface area (Å²) in [5.41, 5.74) is 1.87. The van der Waals surface area contributed by atoms with Crippen LogP contribution >= 0.6 is 11.8 Å². The van der Waals surface area contributed by atoms with Crippen LogP contribution in [-0.4, -0.2) is 68.2 Å². The fourth-order valence-corrected chi connectivity index (χ4v) is 5.38. The molecule has 1 aliphatic rings. The van der Waals surface area contributed by atoms with Crippen LogP contribution in [-0.2, 0) is 16.6 Å². The highest BCUT2D eigenvalue weighted by Gasteiger charge is 2.23. The first kappa shape index (κ1) is 23.8. The predicted octanol–water partition coefficient (Wildman–Crippen LogP) is 2.22. The minimum Gasteiger partial charge on any atom is -0.488 e. The zero-order valence-corrected chi connectivity index (χ0v) is 19.8. The molecule has 0 saturated carbocycles. The van der Waals surface area contributed by atoms with Crippen molar-refractivity contribution in [3.05, 3.63) is 29.3 Å². The lowest BCUT2D eigenvalue weighted by Gasteiger charge is -2.26. The van der Waals surface area contributed by atoms with Crippen LogP contribution in [0.25, 0.3) is 0 Å². The average molecular weight is 443 g/mol. The summed E-state index contributed by atoms with van der Waals surface area (Å²) in [7, 11) is -1.56. The number of hydrogen-bond acceptors (Lipinski definition) is 5. The first-order valence-electron chi connectivity index (χ1n) is 9.89. The zero-order valence-electron chi connectivity index (χ0n) is 18.1. The number of nitrogens with zero attached hydrogens (tertiary/aromatic N) is 2. The molecule has 1 aromatic rings. The number of ether oxygens (including phenoxy) is 1. The van der Waals surface area contributed by atoms with Crippen molar-refractivity contribution in [3.8, 4) is 5.75 Å². The minimum atomic E-state index is -3.23. The molecule has 1 saturated heterocycles. The highest BCUT2D eigenvalue weighted by atomic mass is 32.2. The normalized spacial score (nSPS) is 16.5. The van der Waals surface area contributed by atoms with Crippen molar-refractivity contribution < 1.29 is 13.2 Å². The van der Waals surface area contributed by atoms with E-state index in [9.17, 15) is 8.42 Å². The van der Waals surface area contributed by atoms with E-state index >= 15 is 0 Å². The lowest BCUT2D eigenvalue weighted by Crippen LogP contribution is -2.44. The molecule has 0 amide bonds. The molecule has 1 fully saturated rings. The van der Waals surface area contributed by atoms with Crippen LogP contribution in [0.3, 0.4) is 0 Å². The van der Waals surface area contributed by atoms with E-state index in [-0.39, 0.29) is 11.4 Å². The first-order chi connectivity index (χ1) is 13.6. The number of hydrogen-bond donors (Lipinski definition) is 2. The molecule has 1 heterocycles. The third-order valence-electron chi connectivity index (χ3n) is 4.32. The predicted molar refractivity (Wildman–Crippen MR) is 122 cm³/mol. The Hall–Kier alpha value is -1.45. The van der Waals surface area contributed by atoms with Crippen LogP contribution in [0, 0.1) is 6.92 Å². The van der Waals surface area contributed by atoms with Gasteiger partial charge in [0.15, 0.2) is 5.96 Å². The number of aryl methyl sites for hydroxylation is 1. The van der Waals surface area contributed by atoms with Gasteiger partial charge in [0.25, 0.3) is 0 Å². The molecule has 0 aromatic heterocycles. The average Bonchev–Trinajstić information content (AvgIpc) is 2.65. The summed E-state index contributed by atoms with van der Waals surface area (Å²) in [6.45, 7) is 10.1. The molecule has 0 atom stereocenters. The topological polar surface area (TPSA) is 83.0 Å². The Labute approximate surface area is 179 Å². The summed E-state index contributed by atoms with van der Waals surface area (Å²) in [6.07, 6.45) is 0. The Balaban J connectivity index is 1.89. The molecule has 29 heavy (non-hydrogen) atoms. The van der Waals surface area contributed by atoms with Crippen LogP contribution < -0.4 is 15.4 Å². The van der Waals surface area contributed by atoms with Crippen LogP contribution in [0.2, 0.25) is 0 Å². The quantitative estimate of drug-likeness (QED) is 0.498. The van der Waals surface area contributed by atoms with Crippen molar-refractivity contribution in [1.29, 1.82) is 0 Å². The van der Waals surface area contributed by atoms with Gasteiger partial charge in [-0.15, -0.1) is 0 Å². The molecule has 1 aromatic carbocycles. The van der Waals surface area contributed by atoms with Gasteiger partial charge >= 0.3 is 0 Å². The zero-order chi connectivity index (χ0) is 21.5. The van der Waals surface area contributed by atoms with Crippen molar-refractivity contribution in [2.24, 2.45) is 4.99 Å². The lowest BCUT2D eigenvalue weighted by molar-refractivity contribution is 0.129. The van der Waals surface area contributed by atoms with Gasteiger partial charge in [0.2, 0.25) is 10.0 Å². The highest BCUT2D eigenvalue weighted by Crippen LogP contribution is 2.24. The van der Waals surface area contributed by atoms with E-state index in [0.717, 1.165) is 28.4 Å². The van der Waals surface area contributed by atoms with Gasteiger partial charge in [-0.05, 0) is 39.3 Å². The summed E-state index contributed by atoms with van der Waals surface area (Å²) in [5, 5.41) is 6.35. The fraction of sp³-hybridized carbons (Fsp3) is 0.650. The lowest BCUT2D eigenvalue weighted by atomic mass is 10.1. The Bertz CT molecular complexity index is 798. The molecule has 0 unspecified atom stereocenters. The number of rotatable bonds is 7. The van der Waals surface area contributed by atoms with E-state index in [0.29, 0.717) is 32.1 Å². The van der Waals surface area contributed by atoms with Gasteiger partial charge in [-0.25, -0.2) is 12.7 Å². The maximum atomic E-state index is 12.4. The third-order valence-corrected chi connectivity index (χ3v) is 7.14. The molecule has 2 N–H and O–H groups in total. The maximum Gasteiger partial charge on any atom is 0.215 e. The molecule has 0 aliphatic carbocycles. The smallest absolute Gasteiger partial charge is 0.215 e. The molecule has 0 spiro atoms. The fourth-order valence-electron chi connectivity index (χ4n) is 2.88. The summed E-state index contributed by atoms with van der Waals surface area (Å²) < 4.78 is 32.6. The Morgan fingerprint density at radius 3 is 2.55 bits per heavy atom. The second-order valence-corrected chi connectivity index (χ2v) is 11.3. The van der Waals surface area contributed by atoms with Crippen LogP contribution in [0.15, 0.2) is 23.2 Å². The van der Waals surface area contributed by atoms with E-state index in [4.69, 9.17) is 4.74 Å². The SMILES string of the molecule is CN=C(NCCS(=O)(=O)N1CCSCC1)NCc1ccc(C)cc1OC(C)(C)C. The van der Waals surface area contributed by atoms with Crippen LogP contribution in [0.4, 0.5) is 0 Å². The van der Waals surface area contributed by atoms with Gasteiger partial charge in [0.1, 0.15) is 11.4 Å². The molecule has 164 valence electrons. The van der Waals surface area contributed by atoms with E-state index in [1.165, 1.54) is 0 Å². The van der Waals surface area contributed by atoms with Gasteiger partial charge in [0, 0.05) is 50.3 Å². The van der Waals surface area contributed by atoms with Gasteiger partial charge in [-0.2, -0.15) is 11.8 Å². The number of benzene rings is 1. The van der Waals surface area contributed by atoms with Gasteiger partial charge in [-0.3, -0.25) is 4.99 Å². The van der Waals surface area contributed by atoms with E-state index in [1.54, 1.807) is 23.1 Å². The number of guanidine groups is 1. The molecule has 0 radical (unpaired) electrons. The summed E-state index contributed by atoms with van der Waals surface area (Å²) in [5.74, 6) is 3.20. The standard InChI is InChI=1S/C20H34N4O3S2/c1-16-6-7-17(18(14-16)27-20(2,3)4)15-23-19(21-5)22-8-13-29(25,26)24-9-11-28-12-10-24/h6-7,14H,8-13,15H2,1-5H3,(H2,21,22,23). The molecular weight excluding hydrogens is 408 g/mol. The number of thioether (sulfide) groups is 1. The third kappa shape index (κ3) is 8.06. The van der Waals surface area contributed by atoms with Crippen LogP contribution in [0.5, 0.6) is 5.75 Å². The molecule has 1 aliphatic heterocycles. The highest BCUT2D eigenvalue weighted by molar-refractivity contribution is 7.99. The summed E-state index contributed by atoms with van der Waals surface area (Å²) in [4.78, 5) is 4.20. The number of nitrogens with one attached hydrogen (secondary N) is 2. The first-order valence-corrected chi connectivity index (χ1v) is 12.7. The summed E-state index contributed by atoms with van der Waals surface area (Å²) >= 11 is 1.80. The molecular formula is C20H34N4O3S2. The van der Waals surface area contributed by atoms with Crippen molar-refractivity contribution >= 4 is 27.7 Å². The number of aliphatic imine (C=N–C) groups is 1. The van der Waals surface area contributed by atoms with Gasteiger partial charge in [-0.1, -0.05) is 12.1 Å². The Morgan fingerprint density at radius 2 is 1.93 bits per heavy atom. The summed E-state index contributed by atoms with van der Waals surface area (Å²) in [6, 6.07) is 6.11. The van der Waals surface area contributed by atoms with Gasteiger partial charge in [0.05, 0.1) is 5.75 Å². The van der Waals surface area contributed by atoms with E-state index < -0.39 is 10.0 Å². The molecule has 9 heteroatoms. The van der Waals surface area contributed by atoms with Gasteiger partial charge < -0.3 is 15.4 Å². The Morgan fingerprint density at radius 1 is 1.24 bits per heavy atom. The molecule has 0 bridgehead atoms. The maximum absolute atomic E-state index is 12.4.